The molecule has 0 amide bonds. The van der Waals surface area contributed by atoms with Crippen molar-refractivity contribution in [2.75, 3.05) is 0 Å². The Hall–Kier alpha value is -2.56. The maximum atomic E-state index is 11.6. The summed E-state index contributed by atoms with van der Waals surface area (Å²) in [4.78, 5) is 23.1. The maximum Gasteiger partial charge on any atom is 0.327 e. The van der Waals surface area contributed by atoms with Gasteiger partial charge < -0.3 is 14.8 Å². The summed E-state index contributed by atoms with van der Waals surface area (Å²) in [5.74, 6) is -1.38. The van der Waals surface area contributed by atoms with E-state index in [2.05, 4.69) is 0 Å². The number of hydrogen-bond acceptors (Lipinski definition) is 3. The van der Waals surface area contributed by atoms with Crippen LogP contribution < -0.4 is 5.43 Å². The normalized spacial score (nSPS) is 12.0. The lowest BCUT2D eigenvalue weighted by molar-refractivity contribution is -0.140. The van der Waals surface area contributed by atoms with E-state index in [9.17, 15) is 19.8 Å². The third kappa shape index (κ3) is 3.13. The molecule has 1 aromatic carbocycles. The number of carboxylic acids is 1. The van der Waals surface area contributed by atoms with Crippen LogP contribution in [0.25, 0.3) is 0 Å². The van der Waals surface area contributed by atoms with Crippen LogP contribution >= 0.6 is 0 Å². The third-order valence-electron chi connectivity index (χ3n) is 3.43. The molecule has 2 aromatic rings. The summed E-state index contributed by atoms with van der Waals surface area (Å²) in [7, 11) is 0. The van der Waals surface area contributed by atoms with Gasteiger partial charge in [-0.25, -0.2) is 4.79 Å². The molecular formula is C16H17NO4. The van der Waals surface area contributed by atoms with Crippen LogP contribution in [0.15, 0.2) is 47.4 Å². The fourth-order valence-electron chi connectivity index (χ4n) is 2.37. The van der Waals surface area contributed by atoms with Crippen molar-refractivity contribution in [1.29, 1.82) is 0 Å². The number of nitrogens with zero attached hydrogens (tertiary/aromatic N) is 1. The molecule has 2 N–H and O–H groups in total. The number of carboxylic acid groups (broad SMARTS) is 1. The van der Waals surface area contributed by atoms with Crippen molar-refractivity contribution in [2.24, 2.45) is 0 Å². The molecule has 0 radical (unpaired) electrons. The number of aromatic hydroxyl groups is 1. The van der Waals surface area contributed by atoms with Crippen LogP contribution in [-0.2, 0) is 17.6 Å². The minimum absolute atomic E-state index is 0.283. The Morgan fingerprint density at radius 2 is 1.90 bits per heavy atom. The predicted octanol–water partition coefficient (Wildman–Crippen LogP) is 1.98. The number of hydrogen-bond donors (Lipinski definition) is 2. The second kappa shape index (κ2) is 6.26. The van der Waals surface area contributed by atoms with Gasteiger partial charge in [-0.15, -0.1) is 0 Å². The van der Waals surface area contributed by atoms with Crippen molar-refractivity contribution in [3.8, 4) is 5.75 Å². The first-order valence-corrected chi connectivity index (χ1v) is 6.74. The number of aliphatic carboxylic acids is 1. The lowest BCUT2D eigenvalue weighted by atomic mass is 10.0. The number of benzene rings is 1. The van der Waals surface area contributed by atoms with Crippen LogP contribution in [0.4, 0.5) is 0 Å². The van der Waals surface area contributed by atoms with Crippen LogP contribution in [0, 0.1) is 0 Å². The summed E-state index contributed by atoms with van der Waals surface area (Å²) in [5.41, 5.74) is 0.725. The topological polar surface area (TPSA) is 79.5 Å². The average molecular weight is 287 g/mol. The lowest BCUT2D eigenvalue weighted by Gasteiger charge is -2.21. The van der Waals surface area contributed by atoms with Gasteiger partial charge in [0.2, 0.25) is 5.43 Å². The van der Waals surface area contributed by atoms with Gasteiger partial charge in [0.1, 0.15) is 6.04 Å². The molecular weight excluding hydrogens is 270 g/mol. The largest absolute Gasteiger partial charge is 0.503 e. The summed E-state index contributed by atoms with van der Waals surface area (Å²) in [6.45, 7) is 1.77. The van der Waals surface area contributed by atoms with E-state index in [4.69, 9.17) is 0 Å². The highest BCUT2D eigenvalue weighted by Crippen LogP contribution is 2.21. The summed E-state index contributed by atoms with van der Waals surface area (Å²) >= 11 is 0. The Labute approximate surface area is 122 Å². The molecule has 1 unspecified atom stereocenters. The Morgan fingerprint density at radius 1 is 1.24 bits per heavy atom. The first-order valence-electron chi connectivity index (χ1n) is 6.74. The minimum Gasteiger partial charge on any atom is -0.503 e. The molecule has 0 aliphatic heterocycles. The van der Waals surface area contributed by atoms with E-state index >= 15 is 0 Å². The molecule has 0 saturated carbocycles. The summed E-state index contributed by atoms with van der Waals surface area (Å²) in [6.07, 6.45) is 2.09. The van der Waals surface area contributed by atoms with Crippen molar-refractivity contribution >= 4 is 5.97 Å². The number of pyridine rings is 1. The molecule has 0 aliphatic carbocycles. The van der Waals surface area contributed by atoms with Crippen LogP contribution in [0.2, 0.25) is 0 Å². The Kier molecular flexibility index (Phi) is 4.42. The van der Waals surface area contributed by atoms with Crippen LogP contribution in [0.3, 0.4) is 0 Å². The van der Waals surface area contributed by atoms with Crippen molar-refractivity contribution in [2.45, 2.75) is 25.8 Å². The Bertz CT molecular complexity index is 691. The molecule has 2 rings (SSSR count). The van der Waals surface area contributed by atoms with E-state index in [1.165, 1.54) is 16.8 Å². The fourth-order valence-corrected chi connectivity index (χ4v) is 2.37. The zero-order chi connectivity index (χ0) is 15.4. The number of aromatic nitrogens is 1. The van der Waals surface area contributed by atoms with Gasteiger partial charge in [-0.2, -0.15) is 0 Å². The summed E-state index contributed by atoms with van der Waals surface area (Å²) in [5, 5.41) is 19.3. The standard InChI is InChI=1S/C16H17NO4/c1-2-12-15(19)14(18)8-9-17(12)13(16(20)21)10-11-6-4-3-5-7-11/h3-9,13,19H,2,10H2,1H3,(H,20,21). The van der Waals surface area contributed by atoms with Crippen LogP contribution in [-0.4, -0.2) is 20.7 Å². The van der Waals surface area contributed by atoms with Gasteiger partial charge in [0, 0.05) is 18.7 Å². The van der Waals surface area contributed by atoms with Gasteiger partial charge >= 0.3 is 5.97 Å². The van der Waals surface area contributed by atoms with Gasteiger partial charge in [-0.05, 0) is 12.0 Å². The van der Waals surface area contributed by atoms with Gasteiger partial charge in [-0.3, -0.25) is 4.79 Å². The van der Waals surface area contributed by atoms with E-state index in [0.717, 1.165) is 5.56 Å². The second-order valence-corrected chi connectivity index (χ2v) is 4.78. The summed E-state index contributed by atoms with van der Waals surface area (Å²) < 4.78 is 1.46. The molecule has 1 aromatic heterocycles. The first-order chi connectivity index (χ1) is 10.0. The first kappa shape index (κ1) is 14.8. The van der Waals surface area contributed by atoms with Crippen molar-refractivity contribution in [1.82, 2.24) is 4.57 Å². The predicted molar refractivity (Wildman–Crippen MR) is 78.6 cm³/mol. The van der Waals surface area contributed by atoms with Crippen LogP contribution in [0.1, 0.15) is 24.2 Å². The Balaban J connectivity index is 2.46. The fraction of sp³-hybridized carbons (Fsp3) is 0.250. The van der Waals surface area contributed by atoms with Crippen LogP contribution in [0.5, 0.6) is 5.75 Å². The highest BCUT2D eigenvalue weighted by atomic mass is 16.4. The Morgan fingerprint density at radius 3 is 2.48 bits per heavy atom. The molecule has 5 nitrogen and oxygen atoms in total. The molecule has 5 heteroatoms. The highest BCUT2D eigenvalue weighted by molar-refractivity contribution is 5.72. The maximum absolute atomic E-state index is 11.6. The lowest BCUT2D eigenvalue weighted by Crippen LogP contribution is -2.25. The average Bonchev–Trinajstić information content (AvgIpc) is 2.48. The van der Waals surface area contributed by atoms with Gasteiger partial charge in [0.25, 0.3) is 0 Å². The van der Waals surface area contributed by atoms with Crippen molar-refractivity contribution < 1.29 is 15.0 Å². The van der Waals surface area contributed by atoms with E-state index in [0.29, 0.717) is 12.1 Å². The smallest absolute Gasteiger partial charge is 0.327 e. The quantitative estimate of drug-likeness (QED) is 0.881. The second-order valence-electron chi connectivity index (χ2n) is 4.78. The van der Waals surface area contributed by atoms with E-state index in [1.807, 2.05) is 30.3 Å². The molecule has 0 spiro atoms. The van der Waals surface area contributed by atoms with Gasteiger partial charge in [0.15, 0.2) is 5.75 Å². The zero-order valence-electron chi connectivity index (χ0n) is 11.7. The molecule has 0 fully saturated rings. The number of carbonyl (C=O) groups is 1. The van der Waals surface area contributed by atoms with Crippen molar-refractivity contribution in [3.63, 3.8) is 0 Å². The monoisotopic (exact) mass is 287 g/mol. The van der Waals surface area contributed by atoms with Gasteiger partial charge in [0.05, 0.1) is 5.69 Å². The highest BCUT2D eigenvalue weighted by Gasteiger charge is 2.23. The number of rotatable bonds is 5. The molecule has 0 aliphatic rings. The molecule has 0 bridgehead atoms. The van der Waals surface area contributed by atoms with Crippen molar-refractivity contribution in [3.05, 3.63) is 64.1 Å². The zero-order valence-corrected chi connectivity index (χ0v) is 11.7. The van der Waals surface area contributed by atoms with E-state index in [1.54, 1.807) is 6.92 Å². The molecule has 21 heavy (non-hydrogen) atoms. The summed E-state index contributed by atoms with van der Waals surface area (Å²) in [6, 6.07) is 9.58. The van der Waals surface area contributed by atoms with E-state index < -0.39 is 17.4 Å². The molecule has 0 saturated heterocycles. The molecule has 110 valence electrons. The van der Waals surface area contributed by atoms with Gasteiger partial charge in [-0.1, -0.05) is 37.3 Å². The third-order valence-corrected chi connectivity index (χ3v) is 3.43. The van der Waals surface area contributed by atoms with E-state index in [-0.39, 0.29) is 12.2 Å². The molecule has 1 heterocycles. The SMILES string of the molecule is CCc1c(O)c(=O)ccn1C(Cc1ccccc1)C(=O)O. The minimum atomic E-state index is -1.00. The molecule has 1 atom stereocenters.